The SMILES string of the molecule is NC1=NCC2(CCSCC2)N1c1ccc(Cl)c(Br)c1. The normalized spacial score (nSPS) is 21.8. The Morgan fingerprint density at radius 2 is 2.11 bits per heavy atom. The standard InChI is InChI=1S/C13H15BrClN3S/c14-10-7-9(1-2-11(10)15)18-12(16)17-8-13(18)3-5-19-6-4-13/h1-2,7H,3-6,8H2,(H2,16,17). The summed E-state index contributed by atoms with van der Waals surface area (Å²) in [4.78, 5) is 6.69. The van der Waals surface area contributed by atoms with E-state index in [1.807, 2.05) is 30.0 Å². The van der Waals surface area contributed by atoms with Gasteiger partial charge in [0.25, 0.3) is 0 Å². The van der Waals surface area contributed by atoms with E-state index in [0.29, 0.717) is 11.0 Å². The quantitative estimate of drug-likeness (QED) is 0.833. The van der Waals surface area contributed by atoms with Gasteiger partial charge in [0.15, 0.2) is 5.96 Å². The zero-order chi connectivity index (χ0) is 13.5. The van der Waals surface area contributed by atoms with Crippen LogP contribution >= 0.6 is 39.3 Å². The summed E-state index contributed by atoms with van der Waals surface area (Å²) in [6.07, 6.45) is 2.25. The highest BCUT2D eigenvalue weighted by atomic mass is 79.9. The Balaban J connectivity index is 1.99. The molecule has 102 valence electrons. The molecule has 19 heavy (non-hydrogen) atoms. The fraction of sp³-hybridized carbons (Fsp3) is 0.462. The van der Waals surface area contributed by atoms with Crippen LogP contribution in [0.2, 0.25) is 5.02 Å². The maximum absolute atomic E-state index is 6.13. The molecule has 6 heteroatoms. The van der Waals surface area contributed by atoms with Crippen molar-refractivity contribution in [1.29, 1.82) is 0 Å². The van der Waals surface area contributed by atoms with Crippen LogP contribution in [-0.4, -0.2) is 29.5 Å². The lowest BCUT2D eigenvalue weighted by Crippen LogP contribution is -2.54. The first-order chi connectivity index (χ1) is 9.12. The highest BCUT2D eigenvalue weighted by Gasteiger charge is 2.43. The molecular formula is C13H15BrClN3S. The van der Waals surface area contributed by atoms with E-state index in [0.717, 1.165) is 29.5 Å². The number of hydrogen-bond acceptors (Lipinski definition) is 4. The average molecular weight is 361 g/mol. The lowest BCUT2D eigenvalue weighted by atomic mass is 9.90. The van der Waals surface area contributed by atoms with Crippen LogP contribution in [0.15, 0.2) is 27.7 Å². The first-order valence-corrected chi connectivity index (χ1v) is 8.58. The van der Waals surface area contributed by atoms with Crippen molar-refractivity contribution in [3.05, 3.63) is 27.7 Å². The number of hydrogen-bond donors (Lipinski definition) is 1. The molecule has 3 nitrogen and oxygen atoms in total. The van der Waals surface area contributed by atoms with Gasteiger partial charge in [-0.1, -0.05) is 11.6 Å². The number of guanidine groups is 1. The third-order valence-electron chi connectivity index (χ3n) is 3.82. The Hall–Kier alpha value is -0.390. The Kier molecular flexibility index (Phi) is 3.71. The van der Waals surface area contributed by atoms with Crippen LogP contribution in [0.5, 0.6) is 0 Å². The Morgan fingerprint density at radius 1 is 1.37 bits per heavy atom. The Bertz CT molecular complexity index is 529. The number of nitrogens with zero attached hydrogens (tertiary/aromatic N) is 2. The largest absolute Gasteiger partial charge is 0.369 e. The molecule has 2 aliphatic heterocycles. The predicted molar refractivity (Wildman–Crippen MR) is 87.4 cm³/mol. The second kappa shape index (κ2) is 5.19. The molecule has 1 spiro atoms. The van der Waals surface area contributed by atoms with Crippen molar-refractivity contribution in [2.75, 3.05) is 23.0 Å². The first-order valence-electron chi connectivity index (χ1n) is 6.25. The zero-order valence-corrected chi connectivity index (χ0v) is 13.6. The van der Waals surface area contributed by atoms with Gasteiger partial charge in [0.05, 0.1) is 17.1 Å². The summed E-state index contributed by atoms with van der Waals surface area (Å²) in [6.45, 7) is 0.805. The van der Waals surface area contributed by atoms with Crippen LogP contribution in [0.25, 0.3) is 0 Å². The molecule has 2 heterocycles. The molecular weight excluding hydrogens is 346 g/mol. The van der Waals surface area contributed by atoms with E-state index in [2.05, 4.69) is 25.8 Å². The summed E-state index contributed by atoms with van der Waals surface area (Å²) in [5.41, 5.74) is 7.27. The van der Waals surface area contributed by atoms with Gasteiger partial charge >= 0.3 is 0 Å². The van der Waals surface area contributed by atoms with Crippen molar-refractivity contribution in [2.45, 2.75) is 18.4 Å². The number of thioether (sulfide) groups is 1. The van der Waals surface area contributed by atoms with Crippen LogP contribution in [0.4, 0.5) is 5.69 Å². The molecule has 0 atom stereocenters. The van der Waals surface area contributed by atoms with E-state index >= 15 is 0 Å². The first kappa shape index (κ1) is 13.6. The van der Waals surface area contributed by atoms with Gasteiger partial charge in [0.1, 0.15) is 0 Å². The highest BCUT2D eigenvalue weighted by molar-refractivity contribution is 9.10. The zero-order valence-electron chi connectivity index (χ0n) is 10.4. The number of rotatable bonds is 1. The van der Waals surface area contributed by atoms with Crippen LogP contribution in [-0.2, 0) is 0 Å². The summed E-state index contributed by atoms with van der Waals surface area (Å²) in [7, 11) is 0. The molecule has 0 aromatic heterocycles. The molecule has 0 bridgehead atoms. The number of nitrogens with two attached hydrogens (primary N) is 1. The van der Waals surface area contributed by atoms with Crippen molar-refractivity contribution in [3.63, 3.8) is 0 Å². The molecule has 1 aromatic rings. The van der Waals surface area contributed by atoms with Gasteiger partial charge in [-0.05, 0) is 58.5 Å². The van der Waals surface area contributed by atoms with E-state index in [4.69, 9.17) is 17.3 Å². The average Bonchev–Trinajstić information content (AvgIpc) is 2.71. The van der Waals surface area contributed by atoms with Crippen LogP contribution in [0.1, 0.15) is 12.8 Å². The maximum Gasteiger partial charge on any atom is 0.196 e. The minimum atomic E-state index is 0.0720. The molecule has 1 fully saturated rings. The van der Waals surface area contributed by atoms with Crippen molar-refractivity contribution < 1.29 is 0 Å². The van der Waals surface area contributed by atoms with Crippen LogP contribution in [0, 0.1) is 0 Å². The van der Waals surface area contributed by atoms with E-state index < -0.39 is 0 Å². The van der Waals surface area contributed by atoms with E-state index in [-0.39, 0.29) is 5.54 Å². The van der Waals surface area contributed by atoms with Gasteiger partial charge in [-0.25, -0.2) is 0 Å². The van der Waals surface area contributed by atoms with E-state index in [9.17, 15) is 0 Å². The highest BCUT2D eigenvalue weighted by Crippen LogP contribution is 2.40. The van der Waals surface area contributed by atoms with E-state index in [1.165, 1.54) is 11.5 Å². The predicted octanol–water partition coefficient (Wildman–Crippen LogP) is 3.50. The van der Waals surface area contributed by atoms with Crippen molar-refractivity contribution in [2.24, 2.45) is 10.7 Å². The van der Waals surface area contributed by atoms with E-state index in [1.54, 1.807) is 0 Å². The summed E-state index contributed by atoms with van der Waals surface area (Å²) in [6, 6.07) is 5.95. The fourth-order valence-electron chi connectivity index (χ4n) is 2.78. The molecule has 0 amide bonds. The lowest BCUT2D eigenvalue weighted by molar-refractivity contribution is 0.424. The van der Waals surface area contributed by atoms with Crippen molar-refractivity contribution >= 4 is 50.9 Å². The summed E-state index contributed by atoms with van der Waals surface area (Å²) in [5.74, 6) is 2.98. The maximum atomic E-state index is 6.13. The van der Waals surface area contributed by atoms with Gasteiger partial charge in [0, 0.05) is 10.2 Å². The summed E-state index contributed by atoms with van der Waals surface area (Å²) in [5, 5.41) is 0.715. The third kappa shape index (κ3) is 2.36. The van der Waals surface area contributed by atoms with Crippen molar-refractivity contribution in [3.8, 4) is 0 Å². The third-order valence-corrected chi connectivity index (χ3v) is 6.02. The fourth-order valence-corrected chi connectivity index (χ4v) is 4.51. The minimum Gasteiger partial charge on any atom is -0.369 e. The summed E-state index contributed by atoms with van der Waals surface area (Å²) >= 11 is 11.6. The number of anilines is 1. The monoisotopic (exact) mass is 359 g/mol. The molecule has 1 saturated heterocycles. The molecule has 0 radical (unpaired) electrons. The Labute approximate surface area is 130 Å². The van der Waals surface area contributed by atoms with Crippen molar-refractivity contribution in [1.82, 2.24) is 0 Å². The van der Waals surface area contributed by atoms with Crippen LogP contribution < -0.4 is 10.6 Å². The number of benzene rings is 1. The topological polar surface area (TPSA) is 41.6 Å². The van der Waals surface area contributed by atoms with Crippen LogP contribution in [0.3, 0.4) is 0 Å². The molecule has 3 rings (SSSR count). The summed E-state index contributed by atoms with van der Waals surface area (Å²) < 4.78 is 0.895. The molecule has 0 aliphatic carbocycles. The second-order valence-corrected chi connectivity index (χ2v) is 7.43. The molecule has 2 N–H and O–H groups in total. The molecule has 2 aliphatic rings. The molecule has 0 unspecified atom stereocenters. The number of halogens is 2. The van der Waals surface area contributed by atoms with Gasteiger partial charge in [0.2, 0.25) is 0 Å². The lowest BCUT2D eigenvalue weighted by Gasteiger charge is -2.41. The molecule has 0 saturated carbocycles. The molecule has 1 aromatic carbocycles. The minimum absolute atomic E-state index is 0.0720. The van der Waals surface area contributed by atoms with Gasteiger partial charge in [-0.3, -0.25) is 4.99 Å². The second-order valence-electron chi connectivity index (χ2n) is 4.94. The van der Waals surface area contributed by atoms with Gasteiger partial charge in [-0.2, -0.15) is 11.8 Å². The van der Waals surface area contributed by atoms with Gasteiger partial charge in [-0.15, -0.1) is 0 Å². The number of aliphatic imine (C=N–C) groups is 1. The smallest absolute Gasteiger partial charge is 0.196 e. The Morgan fingerprint density at radius 3 is 2.79 bits per heavy atom. The van der Waals surface area contributed by atoms with Gasteiger partial charge < -0.3 is 10.6 Å².